The van der Waals surface area contributed by atoms with E-state index >= 15 is 0 Å². The Morgan fingerprint density at radius 1 is 1.28 bits per heavy atom. The van der Waals surface area contributed by atoms with Gasteiger partial charge >= 0.3 is 0 Å². The fraction of sp³-hybridized carbons (Fsp3) is 0.182. The summed E-state index contributed by atoms with van der Waals surface area (Å²) in [5.41, 5.74) is 1.04. The molecule has 18 heavy (non-hydrogen) atoms. The largest absolute Gasteiger partial charge is 0.483 e. The number of hydrogen-bond donors (Lipinski definition) is 2. The summed E-state index contributed by atoms with van der Waals surface area (Å²) >= 11 is 18.3. The Balaban J connectivity index is 1.78. The molecule has 1 aromatic heterocycles. The minimum atomic E-state index is 0.494. The molecule has 2 N–H and O–H groups in total. The number of hydrogen-bond acceptors (Lipinski definition) is 3. The zero-order chi connectivity index (χ0) is 13.0. The Bertz CT molecular complexity index is 582. The van der Waals surface area contributed by atoms with Gasteiger partial charge in [0.05, 0.1) is 10.0 Å². The first-order valence-corrected chi connectivity index (χ1v) is 7.39. The van der Waals surface area contributed by atoms with Crippen LogP contribution in [0.5, 0.6) is 5.75 Å². The van der Waals surface area contributed by atoms with E-state index in [2.05, 4.69) is 9.97 Å². The number of H-pyrrole nitrogens is 2. The summed E-state index contributed by atoms with van der Waals surface area (Å²) < 4.78 is 6.18. The molecule has 96 valence electrons. The molecule has 1 heterocycles. The third-order valence-corrected chi connectivity index (χ3v) is 3.87. The second-order valence-corrected chi connectivity index (χ2v) is 5.61. The standard InChI is InChI=1S/C11H10Cl2N2OS2/c12-9-2-1-8(3-10(9)13)16-6-18-5-7-4-14-11(17)15-7/h1-4H,5-6H2,(H2,14,15,17). The van der Waals surface area contributed by atoms with E-state index in [9.17, 15) is 0 Å². The minimum absolute atomic E-state index is 0.494. The Kier molecular flexibility index (Phi) is 5.00. The zero-order valence-electron chi connectivity index (χ0n) is 9.20. The number of benzene rings is 1. The lowest BCUT2D eigenvalue weighted by atomic mass is 10.3. The number of rotatable bonds is 5. The number of halogens is 2. The van der Waals surface area contributed by atoms with Gasteiger partial charge in [0, 0.05) is 23.7 Å². The summed E-state index contributed by atoms with van der Waals surface area (Å²) in [6.45, 7) is 0. The van der Waals surface area contributed by atoms with Gasteiger partial charge in [-0.3, -0.25) is 0 Å². The normalized spacial score (nSPS) is 10.6. The van der Waals surface area contributed by atoms with Gasteiger partial charge in [0.1, 0.15) is 11.7 Å². The summed E-state index contributed by atoms with van der Waals surface area (Å²) in [6.07, 6.45) is 1.86. The van der Waals surface area contributed by atoms with Gasteiger partial charge in [-0.25, -0.2) is 0 Å². The molecule has 0 bridgehead atoms. The number of imidazole rings is 1. The number of aromatic nitrogens is 2. The molecule has 0 spiro atoms. The van der Waals surface area contributed by atoms with Crippen molar-refractivity contribution in [2.45, 2.75) is 5.75 Å². The average Bonchev–Trinajstić information content (AvgIpc) is 2.75. The highest BCUT2D eigenvalue weighted by Gasteiger charge is 2.01. The van der Waals surface area contributed by atoms with E-state index in [1.54, 1.807) is 30.0 Å². The lowest BCUT2D eigenvalue weighted by molar-refractivity contribution is 0.393. The van der Waals surface area contributed by atoms with Crippen molar-refractivity contribution in [2.24, 2.45) is 0 Å². The predicted octanol–water partition coefficient (Wildman–Crippen LogP) is 4.65. The van der Waals surface area contributed by atoms with Crippen LogP contribution in [0.25, 0.3) is 0 Å². The summed E-state index contributed by atoms with van der Waals surface area (Å²) in [4.78, 5) is 5.95. The third kappa shape index (κ3) is 3.95. The average molecular weight is 321 g/mol. The number of nitrogens with one attached hydrogen (secondary N) is 2. The molecule has 0 radical (unpaired) electrons. The smallest absolute Gasteiger partial charge is 0.174 e. The van der Waals surface area contributed by atoms with Crippen LogP contribution >= 0.6 is 47.2 Å². The fourth-order valence-corrected chi connectivity index (χ4v) is 2.43. The molecule has 7 heteroatoms. The summed E-state index contributed by atoms with van der Waals surface area (Å²) in [5, 5.41) is 1.02. The van der Waals surface area contributed by atoms with E-state index < -0.39 is 0 Å². The first-order valence-electron chi connectivity index (χ1n) is 5.07. The SMILES string of the molecule is S=c1[nH]cc(CSCOc2ccc(Cl)c(Cl)c2)[nH]1. The second kappa shape index (κ2) is 6.52. The van der Waals surface area contributed by atoms with Crippen molar-refractivity contribution >= 4 is 47.2 Å². The number of aromatic amines is 2. The summed E-state index contributed by atoms with van der Waals surface area (Å²) in [5.74, 6) is 2.04. The zero-order valence-corrected chi connectivity index (χ0v) is 12.3. The van der Waals surface area contributed by atoms with Gasteiger partial charge in [0.2, 0.25) is 0 Å². The van der Waals surface area contributed by atoms with Gasteiger partial charge in [-0.1, -0.05) is 23.2 Å². The molecule has 0 amide bonds. The van der Waals surface area contributed by atoms with Crippen molar-refractivity contribution in [3.8, 4) is 5.75 Å². The Morgan fingerprint density at radius 3 is 2.78 bits per heavy atom. The van der Waals surface area contributed by atoms with Crippen LogP contribution in [0.1, 0.15) is 5.69 Å². The fourth-order valence-electron chi connectivity index (χ4n) is 1.28. The first kappa shape index (κ1) is 13.8. The lowest BCUT2D eigenvalue weighted by Gasteiger charge is -2.06. The third-order valence-electron chi connectivity index (χ3n) is 2.11. The van der Waals surface area contributed by atoms with Crippen LogP contribution in [0.15, 0.2) is 24.4 Å². The summed E-state index contributed by atoms with van der Waals surface area (Å²) in [7, 11) is 0. The van der Waals surface area contributed by atoms with Crippen molar-refractivity contribution in [3.05, 3.63) is 44.9 Å². The van der Waals surface area contributed by atoms with E-state index in [1.165, 1.54) is 0 Å². The maximum atomic E-state index is 5.89. The molecular weight excluding hydrogens is 311 g/mol. The topological polar surface area (TPSA) is 40.8 Å². The van der Waals surface area contributed by atoms with Crippen LogP contribution in [-0.2, 0) is 5.75 Å². The van der Waals surface area contributed by atoms with Gasteiger partial charge in [-0.05, 0) is 24.4 Å². The van der Waals surface area contributed by atoms with E-state index in [0.29, 0.717) is 26.5 Å². The van der Waals surface area contributed by atoms with Gasteiger partial charge in [0.15, 0.2) is 4.77 Å². The van der Waals surface area contributed by atoms with E-state index in [1.807, 2.05) is 6.20 Å². The van der Waals surface area contributed by atoms with Gasteiger partial charge < -0.3 is 14.7 Å². The van der Waals surface area contributed by atoms with Crippen LogP contribution in [-0.4, -0.2) is 15.9 Å². The number of ether oxygens (including phenoxy) is 1. The van der Waals surface area contributed by atoms with Crippen LogP contribution in [0.3, 0.4) is 0 Å². The molecule has 0 aliphatic carbocycles. The molecule has 0 saturated heterocycles. The van der Waals surface area contributed by atoms with E-state index in [4.69, 9.17) is 40.2 Å². The predicted molar refractivity (Wildman–Crippen MR) is 79.2 cm³/mol. The monoisotopic (exact) mass is 320 g/mol. The molecule has 2 rings (SSSR count). The van der Waals surface area contributed by atoms with Crippen LogP contribution in [0, 0.1) is 4.77 Å². The number of thioether (sulfide) groups is 1. The van der Waals surface area contributed by atoms with Crippen LogP contribution in [0.4, 0.5) is 0 Å². The molecule has 0 saturated carbocycles. The Hall–Kier alpha value is -0.620. The molecular formula is C11H10Cl2N2OS2. The maximum Gasteiger partial charge on any atom is 0.174 e. The molecule has 2 aromatic rings. The maximum absolute atomic E-state index is 5.89. The Labute approximate surface area is 124 Å². The molecule has 0 fully saturated rings. The minimum Gasteiger partial charge on any atom is -0.483 e. The van der Waals surface area contributed by atoms with Crippen molar-refractivity contribution in [2.75, 3.05) is 5.94 Å². The highest BCUT2D eigenvalue weighted by Crippen LogP contribution is 2.26. The van der Waals surface area contributed by atoms with E-state index in [0.717, 1.165) is 11.4 Å². The molecule has 0 atom stereocenters. The van der Waals surface area contributed by atoms with E-state index in [-0.39, 0.29) is 0 Å². The highest BCUT2D eigenvalue weighted by molar-refractivity contribution is 7.98. The molecule has 1 aromatic carbocycles. The highest BCUT2D eigenvalue weighted by atomic mass is 35.5. The van der Waals surface area contributed by atoms with Gasteiger partial charge in [-0.2, -0.15) is 0 Å². The van der Waals surface area contributed by atoms with Crippen molar-refractivity contribution in [1.29, 1.82) is 0 Å². The molecule has 0 unspecified atom stereocenters. The molecule has 0 aliphatic rings. The molecule has 0 aliphatic heterocycles. The van der Waals surface area contributed by atoms with Crippen LogP contribution < -0.4 is 4.74 Å². The van der Waals surface area contributed by atoms with Gasteiger partial charge in [-0.15, -0.1) is 11.8 Å². The van der Waals surface area contributed by atoms with Crippen molar-refractivity contribution < 1.29 is 4.74 Å². The Morgan fingerprint density at radius 2 is 2.11 bits per heavy atom. The van der Waals surface area contributed by atoms with Crippen molar-refractivity contribution in [3.63, 3.8) is 0 Å². The lowest BCUT2D eigenvalue weighted by Crippen LogP contribution is -1.93. The summed E-state index contributed by atoms with van der Waals surface area (Å²) in [6, 6.07) is 5.21. The van der Waals surface area contributed by atoms with Crippen LogP contribution in [0.2, 0.25) is 10.0 Å². The quantitative estimate of drug-likeness (QED) is 0.478. The molecule has 3 nitrogen and oxygen atoms in total. The first-order chi connectivity index (χ1) is 8.65. The van der Waals surface area contributed by atoms with Gasteiger partial charge in [0.25, 0.3) is 0 Å². The second-order valence-electron chi connectivity index (χ2n) is 3.45. The van der Waals surface area contributed by atoms with Crippen molar-refractivity contribution in [1.82, 2.24) is 9.97 Å².